The number of likely N-dealkylation sites (tertiary alicyclic amines) is 1. The number of amides is 3. The minimum atomic E-state index is -0.0784. The molecule has 0 unspecified atom stereocenters. The van der Waals surface area contributed by atoms with Crippen molar-refractivity contribution < 1.29 is 9.59 Å². The number of urea groups is 1. The van der Waals surface area contributed by atoms with Crippen molar-refractivity contribution in [3.63, 3.8) is 0 Å². The summed E-state index contributed by atoms with van der Waals surface area (Å²) in [5, 5.41) is 4.24. The smallest absolute Gasteiger partial charge is 0.317 e. The molecule has 2 N–H and O–H groups in total. The number of H-pyrrole nitrogens is 1. The number of carbonyl (C=O) groups is 2. The number of nitrogens with zero attached hydrogens (tertiary/aromatic N) is 2. The normalized spacial score (nSPS) is 26.7. The zero-order chi connectivity index (χ0) is 21.8. The average Bonchev–Trinajstić information content (AvgIpc) is 3.20. The molecule has 6 heteroatoms. The molecule has 1 aliphatic carbocycles. The largest absolute Gasteiger partial charge is 0.357 e. The maximum atomic E-state index is 12.9. The summed E-state index contributed by atoms with van der Waals surface area (Å²) in [6.07, 6.45) is 4.62. The summed E-state index contributed by atoms with van der Waals surface area (Å²) in [6, 6.07) is 8.59. The average molecular weight is 423 g/mol. The van der Waals surface area contributed by atoms with Crippen molar-refractivity contribution in [2.75, 3.05) is 19.6 Å². The summed E-state index contributed by atoms with van der Waals surface area (Å²) in [6.45, 7) is 9.53. The molecule has 0 radical (unpaired) electrons. The van der Waals surface area contributed by atoms with Gasteiger partial charge < -0.3 is 20.1 Å². The summed E-state index contributed by atoms with van der Waals surface area (Å²) in [7, 11) is 0. The molecule has 0 spiro atoms. The van der Waals surface area contributed by atoms with Gasteiger partial charge in [-0.1, -0.05) is 39.0 Å². The van der Waals surface area contributed by atoms with E-state index in [-0.39, 0.29) is 17.4 Å². The van der Waals surface area contributed by atoms with Gasteiger partial charge in [-0.05, 0) is 48.1 Å². The van der Waals surface area contributed by atoms with Crippen molar-refractivity contribution in [2.24, 2.45) is 10.8 Å². The Kier molecular flexibility index (Phi) is 4.79. The molecule has 1 saturated carbocycles. The van der Waals surface area contributed by atoms with Crippen molar-refractivity contribution in [1.82, 2.24) is 20.1 Å². The second kappa shape index (κ2) is 7.28. The zero-order valence-electron chi connectivity index (χ0n) is 19.0. The van der Waals surface area contributed by atoms with Crippen LogP contribution in [-0.4, -0.2) is 52.4 Å². The predicted octanol–water partition coefficient (Wildman–Crippen LogP) is 4.05. The SMILES string of the molecule is CC1(C)C[C@@H]2C[C@](C)(CN2C(=O)CCNC(=O)N2CCc3c([nH]c4ccccc34)C2)C1. The van der Waals surface area contributed by atoms with Crippen molar-refractivity contribution >= 4 is 22.8 Å². The van der Waals surface area contributed by atoms with Crippen LogP contribution < -0.4 is 5.32 Å². The van der Waals surface area contributed by atoms with Gasteiger partial charge >= 0.3 is 6.03 Å². The lowest BCUT2D eigenvalue weighted by Gasteiger charge is -2.39. The van der Waals surface area contributed by atoms with E-state index in [1.807, 2.05) is 11.0 Å². The highest BCUT2D eigenvalue weighted by atomic mass is 16.2. The molecule has 2 atom stereocenters. The first-order valence-corrected chi connectivity index (χ1v) is 11.6. The van der Waals surface area contributed by atoms with Crippen LogP contribution in [0.15, 0.2) is 24.3 Å². The number of nitrogens with one attached hydrogen (secondary N) is 2. The highest BCUT2D eigenvalue weighted by Crippen LogP contribution is 2.52. The molecule has 3 heterocycles. The fourth-order valence-electron chi connectivity index (χ4n) is 6.65. The lowest BCUT2D eigenvalue weighted by Crippen LogP contribution is -2.44. The number of aromatic amines is 1. The summed E-state index contributed by atoms with van der Waals surface area (Å²) < 4.78 is 0. The highest BCUT2D eigenvalue weighted by molar-refractivity contribution is 5.85. The van der Waals surface area contributed by atoms with Crippen LogP contribution in [0, 0.1) is 10.8 Å². The highest BCUT2D eigenvalue weighted by Gasteiger charge is 2.50. The topological polar surface area (TPSA) is 68.4 Å². The van der Waals surface area contributed by atoms with Crippen LogP contribution in [-0.2, 0) is 17.8 Å². The van der Waals surface area contributed by atoms with Crippen LogP contribution >= 0.6 is 0 Å². The third-order valence-corrected chi connectivity index (χ3v) is 7.52. The van der Waals surface area contributed by atoms with Crippen LogP contribution in [0.3, 0.4) is 0 Å². The fraction of sp³-hybridized carbons (Fsp3) is 0.600. The van der Waals surface area contributed by atoms with E-state index < -0.39 is 0 Å². The van der Waals surface area contributed by atoms with E-state index in [1.54, 1.807) is 0 Å². The Morgan fingerprint density at radius 1 is 1.19 bits per heavy atom. The predicted molar refractivity (Wildman–Crippen MR) is 122 cm³/mol. The van der Waals surface area contributed by atoms with Gasteiger partial charge in [0.05, 0.1) is 6.54 Å². The Morgan fingerprint density at radius 3 is 2.84 bits per heavy atom. The third kappa shape index (κ3) is 3.81. The van der Waals surface area contributed by atoms with E-state index in [1.165, 1.54) is 17.4 Å². The van der Waals surface area contributed by atoms with Crippen LogP contribution in [0.25, 0.3) is 10.9 Å². The minimum absolute atomic E-state index is 0.0784. The Balaban J connectivity index is 1.14. The van der Waals surface area contributed by atoms with Gasteiger partial charge in [0, 0.05) is 48.7 Å². The first-order chi connectivity index (χ1) is 14.7. The Morgan fingerprint density at radius 2 is 2.00 bits per heavy atom. The fourth-order valence-corrected chi connectivity index (χ4v) is 6.65. The number of aromatic nitrogens is 1. The molecule has 3 aliphatic rings. The van der Waals surface area contributed by atoms with Crippen molar-refractivity contribution in [1.29, 1.82) is 0 Å². The molecule has 2 bridgehead atoms. The van der Waals surface area contributed by atoms with Crippen molar-refractivity contribution in [2.45, 2.75) is 65.5 Å². The molecule has 1 aromatic carbocycles. The Bertz CT molecular complexity index is 1030. The molecule has 3 amide bonds. The second-order valence-corrected chi connectivity index (χ2v) is 11.0. The van der Waals surface area contributed by atoms with Crippen molar-refractivity contribution in [3.8, 4) is 0 Å². The van der Waals surface area contributed by atoms with E-state index >= 15 is 0 Å². The molecule has 6 nitrogen and oxygen atoms in total. The molecule has 31 heavy (non-hydrogen) atoms. The number of para-hydroxylation sites is 1. The number of rotatable bonds is 3. The molecule has 1 saturated heterocycles. The number of hydrogen-bond donors (Lipinski definition) is 2. The molecular weight excluding hydrogens is 388 g/mol. The van der Waals surface area contributed by atoms with Crippen LogP contribution in [0.4, 0.5) is 4.79 Å². The van der Waals surface area contributed by atoms with Crippen LogP contribution in [0.2, 0.25) is 0 Å². The van der Waals surface area contributed by atoms with Gasteiger partial charge in [-0.15, -0.1) is 0 Å². The van der Waals surface area contributed by atoms with E-state index in [9.17, 15) is 9.59 Å². The standard InChI is InChI=1S/C25H34N4O2/c1-24(2)12-17-13-25(3,15-24)16-29(17)22(30)8-10-26-23(31)28-11-9-19-18-6-4-5-7-20(18)27-21(19)14-28/h4-7,17,27H,8-16H2,1-3H3,(H,26,31)/t17-,25+/m1/s1. The molecule has 2 fully saturated rings. The zero-order valence-corrected chi connectivity index (χ0v) is 19.0. The van der Waals surface area contributed by atoms with Gasteiger partial charge in [0.25, 0.3) is 0 Å². The number of fused-ring (bicyclic) bond motifs is 5. The van der Waals surface area contributed by atoms with Crippen LogP contribution in [0.5, 0.6) is 0 Å². The summed E-state index contributed by atoms with van der Waals surface area (Å²) in [5.41, 5.74) is 4.13. The number of carbonyl (C=O) groups excluding carboxylic acids is 2. The van der Waals surface area contributed by atoms with Gasteiger partial charge in [-0.25, -0.2) is 4.79 Å². The summed E-state index contributed by atoms with van der Waals surface area (Å²) in [4.78, 5) is 33.0. The Labute approximate surface area is 184 Å². The lowest BCUT2D eigenvalue weighted by atomic mass is 9.65. The molecular formula is C25H34N4O2. The van der Waals surface area contributed by atoms with Crippen LogP contribution in [0.1, 0.15) is 57.7 Å². The van der Waals surface area contributed by atoms with Gasteiger partial charge in [0.15, 0.2) is 0 Å². The molecule has 166 valence electrons. The first-order valence-electron chi connectivity index (χ1n) is 11.6. The minimum Gasteiger partial charge on any atom is -0.357 e. The second-order valence-electron chi connectivity index (χ2n) is 11.0. The first kappa shape index (κ1) is 20.4. The van der Waals surface area contributed by atoms with Gasteiger partial charge in [-0.2, -0.15) is 0 Å². The molecule has 1 aromatic heterocycles. The Hall–Kier alpha value is -2.50. The van der Waals surface area contributed by atoms with Gasteiger partial charge in [-0.3, -0.25) is 4.79 Å². The quantitative estimate of drug-likeness (QED) is 0.783. The number of benzene rings is 1. The van der Waals surface area contributed by atoms with Gasteiger partial charge in [0.1, 0.15) is 0 Å². The van der Waals surface area contributed by atoms with E-state index in [2.05, 4.69) is 54.2 Å². The molecule has 2 aliphatic heterocycles. The van der Waals surface area contributed by atoms with E-state index in [4.69, 9.17) is 0 Å². The number of hydrogen-bond acceptors (Lipinski definition) is 2. The summed E-state index contributed by atoms with van der Waals surface area (Å²) in [5.74, 6) is 0.184. The molecule has 5 rings (SSSR count). The monoisotopic (exact) mass is 422 g/mol. The maximum absolute atomic E-state index is 12.9. The van der Waals surface area contributed by atoms with E-state index in [0.717, 1.165) is 37.0 Å². The van der Waals surface area contributed by atoms with E-state index in [0.29, 0.717) is 37.5 Å². The summed E-state index contributed by atoms with van der Waals surface area (Å²) >= 11 is 0. The van der Waals surface area contributed by atoms with Crippen molar-refractivity contribution in [3.05, 3.63) is 35.5 Å². The third-order valence-electron chi connectivity index (χ3n) is 7.52. The van der Waals surface area contributed by atoms with Gasteiger partial charge in [0.2, 0.25) is 5.91 Å². The molecule has 2 aromatic rings. The maximum Gasteiger partial charge on any atom is 0.317 e. The lowest BCUT2D eigenvalue weighted by molar-refractivity contribution is -0.132.